The highest BCUT2D eigenvalue weighted by atomic mass is 32.2. The number of hydrogen-bond acceptors (Lipinski definition) is 4. The van der Waals surface area contributed by atoms with E-state index in [1.807, 2.05) is 19.2 Å². The van der Waals surface area contributed by atoms with Gasteiger partial charge in [-0.25, -0.2) is 0 Å². The van der Waals surface area contributed by atoms with Crippen molar-refractivity contribution in [3.8, 4) is 5.75 Å². The molecule has 0 saturated heterocycles. The van der Waals surface area contributed by atoms with Crippen LogP contribution in [0.2, 0.25) is 0 Å². The van der Waals surface area contributed by atoms with Crippen LogP contribution in [0.15, 0.2) is 18.2 Å². The van der Waals surface area contributed by atoms with Crippen molar-refractivity contribution < 1.29 is 9.66 Å². The van der Waals surface area contributed by atoms with E-state index in [-0.39, 0.29) is 10.6 Å². The van der Waals surface area contributed by atoms with Crippen LogP contribution >= 0.6 is 11.8 Å². The topological polar surface area (TPSA) is 52.4 Å². The lowest BCUT2D eigenvalue weighted by Gasteiger charge is -2.06. The van der Waals surface area contributed by atoms with Gasteiger partial charge in [0.05, 0.1) is 17.6 Å². The zero-order valence-corrected chi connectivity index (χ0v) is 10.3. The molecule has 0 atom stereocenters. The second kappa shape index (κ2) is 6.37. The monoisotopic (exact) mass is 241 g/mol. The lowest BCUT2D eigenvalue weighted by atomic mass is 10.2. The third kappa shape index (κ3) is 3.73. The van der Waals surface area contributed by atoms with E-state index in [2.05, 4.69) is 0 Å². The second-order valence-corrected chi connectivity index (χ2v) is 4.24. The molecule has 0 aliphatic carbocycles. The molecule has 0 unspecified atom stereocenters. The molecule has 0 N–H and O–H groups in total. The molecule has 0 spiro atoms. The first-order chi connectivity index (χ1) is 7.67. The Bertz CT molecular complexity index is 368. The zero-order valence-electron chi connectivity index (χ0n) is 9.43. The van der Waals surface area contributed by atoms with E-state index >= 15 is 0 Å². The van der Waals surface area contributed by atoms with Crippen molar-refractivity contribution in [2.24, 2.45) is 0 Å². The minimum atomic E-state index is -0.386. The molecule has 0 amide bonds. The molecule has 0 heterocycles. The lowest BCUT2D eigenvalue weighted by Crippen LogP contribution is -1.97. The Balaban J connectivity index is 2.93. The third-order valence-corrected chi connectivity index (χ3v) is 2.57. The molecule has 88 valence electrons. The van der Waals surface area contributed by atoms with E-state index in [1.54, 1.807) is 17.8 Å². The maximum atomic E-state index is 10.7. The van der Waals surface area contributed by atoms with Crippen molar-refractivity contribution in [3.05, 3.63) is 33.9 Å². The first-order valence-corrected chi connectivity index (χ1v) is 6.47. The van der Waals surface area contributed by atoms with Crippen LogP contribution in [0.4, 0.5) is 5.69 Å². The van der Waals surface area contributed by atoms with Gasteiger partial charge in [0.25, 0.3) is 5.69 Å². The van der Waals surface area contributed by atoms with Gasteiger partial charge in [0.15, 0.2) is 0 Å². The maximum absolute atomic E-state index is 10.7. The maximum Gasteiger partial charge on any atom is 0.273 e. The molecule has 16 heavy (non-hydrogen) atoms. The summed E-state index contributed by atoms with van der Waals surface area (Å²) >= 11 is 1.63. The van der Waals surface area contributed by atoms with Crippen molar-refractivity contribution >= 4 is 17.4 Å². The molecular formula is C11H15NO3S. The van der Waals surface area contributed by atoms with Crippen LogP contribution in [-0.2, 0) is 5.75 Å². The fourth-order valence-corrected chi connectivity index (χ4v) is 1.80. The highest BCUT2D eigenvalue weighted by molar-refractivity contribution is 7.97. The quantitative estimate of drug-likeness (QED) is 0.566. The average molecular weight is 241 g/mol. The predicted octanol–water partition coefficient (Wildman–Crippen LogP) is 3.25. The van der Waals surface area contributed by atoms with E-state index < -0.39 is 0 Å². The van der Waals surface area contributed by atoms with Gasteiger partial charge >= 0.3 is 0 Å². The van der Waals surface area contributed by atoms with Gasteiger partial charge in [-0.15, -0.1) is 0 Å². The number of nitrogens with zero attached hydrogens (tertiary/aromatic N) is 1. The Hall–Kier alpha value is -1.23. The number of benzene rings is 1. The Labute approximate surface area is 99.1 Å². The Morgan fingerprint density at radius 3 is 2.75 bits per heavy atom. The highest BCUT2D eigenvalue weighted by Gasteiger charge is 2.10. The van der Waals surface area contributed by atoms with Crippen LogP contribution < -0.4 is 4.74 Å². The summed E-state index contributed by atoms with van der Waals surface area (Å²) in [5, 5.41) is 10.7. The van der Waals surface area contributed by atoms with Crippen LogP contribution in [0.25, 0.3) is 0 Å². The number of ether oxygens (including phenoxy) is 1. The molecule has 0 aromatic heterocycles. The first-order valence-electron chi connectivity index (χ1n) is 5.07. The summed E-state index contributed by atoms with van der Waals surface area (Å²) in [4.78, 5) is 10.3. The SMILES string of the molecule is CCCOc1cc(CSC)cc([N+](=O)[O-])c1. The Morgan fingerprint density at radius 1 is 1.44 bits per heavy atom. The van der Waals surface area contributed by atoms with E-state index in [0.29, 0.717) is 12.4 Å². The smallest absolute Gasteiger partial charge is 0.273 e. The second-order valence-electron chi connectivity index (χ2n) is 3.37. The van der Waals surface area contributed by atoms with E-state index in [1.165, 1.54) is 6.07 Å². The standard InChI is InChI=1S/C11H15NO3S/c1-3-4-15-11-6-9(8-16-2)5-10(7-11)12(13)14/h5-7H,3-4,8H2,1-2H3. The Kier molecular flexibility index (Phi) is 5.11. The van der Waals surface area contributed by atoms with Gasteiger partial charge in [0, 0.05) is 11.8 Å². The van der Waals surface area contributed by atoms with Crippen molar-refractivity contribution in [2.75, 3.05) is 12.9 Å². The van der Waals surface area contributed by atoms with Gasteiger partial charge < -0.3 is 4.74 Å². The summed E-state index contributed by atoms with van der Waals surface area (Å²) in [6.07, 6.45) is 2.85. The van der Waals surface area contributed by atoms with Crippen molar-refractivity contribution in [1.29, 1.82) is 0 Å². The van der Waals surface area contributed by atoms with Crippen LogP contribution in [0.1, 0.15) is 18.9 Å². The van der Waals surface area contributed by atoms with Gasteiger partial charge in [-0.05, 0) is 24.3 Å². The van der Waals surface area contributed by atoms with Crippen molar-refractivity contribution in [1.82, 2.24) is 0 Å². The molecule has 1 rings (SSSR count). The molecule has 0 fully saturated rings. The number of thioether (sulfide) groups is 1. The fourth-order valence-electron chi connectivity index (χ4n) is 1.30. The summed E-state index contributed by atoms with van der Waals surface area (Å²) in [7, 11) is 0. The van der Waals surface area contributed by atoms with E-state index in [0.717, 1.165) is 17.7 Å². The van der Waals surface area contributed by atoms with Gasteiger partial charge in [0.2, 0.25) is 0 Å². The number of hydrogen-bond donors (Lipinski definition) is 0. The molecule has 0 aliphatic rings. The summed E-state index contributed by atoms with van der Waals surface area (Å²) in [6.45, 7) is 2.58. The molecule has 0 aliphatic heterocycles. The van der Waals surface area contributed by atoms with Gasteiger partial charge in [-0.3, -0.25) is 10.1 Å². The summed E-state index contributed by atoms with van der Waals surface area (Å²) in [5.74, 6) is 1.34. The fraction of sp³-hybridized carbons (Fsp3) is 0.455. The Morgan fingerprint density at radius 2 is 2.19 bits per heavy atom. The number of nitro benzene ring substituents is 1. The van der Waals surface area contributed by atoms with Gasteiger partial charge in [-0.2, -0.15) is 11.8 Å². The average Bonchev–Trinajstić information content (AvgIpc) is 2.26. The van der Waals surface area contributed by atoms with Crippen molar-refractivity contribution in [3.63, 3.8) is 0 Å². The summed E-state index contributed by atoms with van der Waals surface area (Å²) in [5.41, 5.74) is 1.02. The van der Waals surface area contributed by atoms with Crippen molar-refractivity contribution in [2.45, 2.75) is 19.1 Å². The van der Waals surface area contributed by atoms with Crippen LogP contribution in [0.5, 0.6) is 5.75 Å². The highest BCUT2D eigenvalue weighted by Crippen LogP contribution is 2.24. The van der Waals surface area contributed by atoms with Gasteiger partial charge in [-0.1, -0.05) is 6.92 Å². The number of nitro groups is 1. The summed E-state index contributed by atoms with van der Waals surface area (Å²) < 4.78 is 5.42. The van der Waals surface area contributed by atoms with E-state index in [4.69, 9.17) is 4.74 Å². The third-order valence-electron chi connectivity index (χ3n) is 1.95. The van der Waals surface area contributed by atoms with Crippen LogP contribution in [0.3, 0.4) is 0 Å². The predicted molar refractivity (Wildman–Crippen MR) is 66.1 cm³/mol. The largest absolute Gasteiger partial charge is 0.493 e. The van der Waals surface area contributed by atoms with Crippen LogP contribution in [0, 0.1) is 10.1 Å². The lowest BCUT2D eigenvalue weighted by molar-refractivity contribution is -0.385. The van der Waals surface area contributed by atoms with Crippen LogP contribution in [-0.4, -0.2) is 17.8 Å². The molecule has 1 aromatic carbocycles. The molecule has 0 bridgehead atoms. The molecule has 5 heteroatoms. The van der Waals surface area contributed by atoms with Gasteiger partial charge in [0.1, 0.15) is 5.75 Å². The number of non-ortho nitro benzene ring substituents is 1. The minimum absolute atomic E-state index is 0.0950. The zero-order chi connectivity index (χ0) is 12.0. The molecule has 0 saturated carbocycles. The molecule has 1 aromatic rings. The normalized spacial score (nSPS) is 10.1. The molecular weight excluding hydrogens is 226 g/mol. The van der Waals surface area contributed by atoms with E-state index in [9.17, 15) is 10.1 Å². The number of rotatable bonds is 6. The minimum Gasteiger partial charge on any atom is -0.493 e. The molecule has 4 nitrogen and oxygen atoms in total. The summed E-state index contributed by atoms with van der Waals surface area (Å²) in [6, 6.07) is 4.92. The first kappa shape index (κ1) is 12.8. The molecule has 0 radical (unpaired) electrons.